The van der Waals surface area contributed by atoms with E-state index in [9.17, 15) is 0 Å². The lowest BCUT2D eigenvalue weighted by atomic mass is 10.1. The Kier molecular flexibility index (Phi) is 5.96. The highest BCUT2D eigenvalue weighted by Crippen LogP contribution is 2.05. The molecule has 4 heteroatoms. The number of aryl methyl sites for hydroxylation is 3. The van der Waals surface area contributed by atoms with Crippen molar-refractivity contribution in [2.24, 2.45) is 0 Å². The maximum Gasteiger partial charge on any atom is 0.0713 e. The van der Waals surface area contributed by atoms with Gasteiger partial charge in [0.25, 0.3) is 0 Å². The van der Waals surface area contributed by atoms with Gasteiger partial charge in [0, 0.05) is 25.9 Å². The van der Waals surface area contributed by atoms with Gasteiger partial charge in [-0.3, -0.25) is 4.68 Å². The molecule has 0 saturated heterocycles. The van der Waals surface area contributed by atoms with Crippen LogP contribution in [0, 0.1) is 13.8 Å². The summed E-state index contributed by atoms with van der Waals surface area (Å²) in [6.07, 6.45) is 1.09. The van der Waals surface area contributed by atoms with Crippen molar-refractivity contribution in [3.63, 3.8) is 0 Å². The van der Waals surface area contributed by atoms with Crippen molar-refractivity contribution in [3.05, 3.63) is 52.8 Å². The Bertz CT molecular complexity index is 546. The molecule has 0 fully saturated rings. The van der Waals surface area contributed by atoms with Crippen molar-refractivity contribution in [3.8, 4) is 0 Å². The van der Waals surface area contributed by atoms with E-state index in [1.807, 2.05) is 6.92 Å². The van der Waals surface area contributed by atoms with E-state index in [-0.39, 0.29) is 0 Å². The SMILES string of the molecule is COCc1ccc(CNCCCn2nc(C)cc2C)cc1. The van der Waals surface area contributed by atoms with Crippen LogP contribution in [0.5, 0.6) is 0 Å². The molecule has 0 unspecified atom stereocenters. The largest absolute Gasteiger partial charge is 0.380 e. The third kappa shape index (κ3) is 4.99. The van der Waals surface area contributed by atoms with Crippen LogP contribution in [0.1, 0.15) is 28.9 Å². The molecule has 1 N–H and O–H groups in total. The van der Waals surface area contributed by atoms with Crippen molar-refractivity contribution in [1.82, 2.24) is 15.1 Å². The summed E-state index contributed by atoms with van der Waals surface area (Å²) in [5.41, 5.74) is 4.85. The maximum absolute atomic E-state index is 5.11. The second-order valence-corrected chi connectivity index (χ2v) is 5.43. The Hall–Kier alpha value is -1.65. The number of methoxy groups -OCH3 is 1. The Morgan fingerprint density at radius 1 is 1.14 bits per heavy atom. The van der Waals surface area contributed by atoms with Crippen molar-refractivity contribution < 1.29 is 4.74 Å². The van der Waals surface area contributed by atoms with Gasteiger partial charge >= 0.3 is 0 Å². The standard InChI is InChI=1S/C17H25N3O/c1-14-11-15(2)20(19-14)10-4-9-18-12-16-5-7-17(8-6-16)13-21-3/h5-8,11,18H,4,9-10,12-13H2,1-3H3. The zero-order valence-corrected chi connectivity index (χ0v) is 13.2. The summed E-state index contributed by atoms with van der Waals surface area (Å²) in [6.45, 7) is 7.70. The molecule has 21 heavy (non-hydrogen) atoms. The predicted octanol–water partition coefficient (Wildman–Crippen LogP) is 2.83. The van der Waals surface area contributed by atoms with Gasteiger partial charge in [0.1, 0.15) is 0 Å². The Morgan fingerprint density at radius 2 is 1.86 bits per heavy atom. The van der Waals surface area contributed by atoms with Crippen LogP contribution in [0.3, 0.4) is 0 Å². The fourth-order valence-corrected chi connectivity index (χ4v) is 2.41. The van der Waals surface area contributed by atoms with Gasteiger partial charge in [-0.1, -0.05) is 24.3 Å². The normalized spacial score (nSPS) is 11.0. The summed E-state index contributed by atoms with van der Waals surface area (Å²) in [6, 6.07) is 10.7. The lowest BCUT2D eigenvalue weighted by Crippen LogP contribution is -2.17. The maximum atomic E-state index is 5.11. The van der Waals surface area contributed by atoms with Crippen molar-refractivity contribution in [1.29, 1.82) is 0 Å². The number of nitrogens with one attached hydrogen (secondary N) is 1. The first-order valence-corrected chi connectivity index (χ1v) is 7.47. The molecule has 0 aliphatic carbocycles. The summed E-state index contributed by atoms with van der Waals surface area (Å²) >= 11 is 0. The molecule has 2 aromatic rings. The average molecular weight is 287 g/mol. The fraction of sp³-hybridized carbons (Fsp3) is 0.471. The Labute approximate surface area is 127 Å². The topological polar surface area (TPSA) is 39.1 Å². The second-order valence-electron chi connectivity index (χ2n) is 5.43. The average Bonchev–Trinajstić information content (AvgIpc) is 2.79. The molecule has 0 aliphatic heterocycles. The zero-order chi connectivity index (χ0) is 15.1. The molecule has 0 saturated carbocycles. The molecule has 0 aliphatic rings. The van der Waals surface area contributed by atoms with E-state index in [2.05, 4.69) is 52.4 Å². The third-order valence-corrected chi connectivity index (χ3v) is 3.49. The van der Waals surface area contributed by atoms with E-state index in [1.165, 1.54) is 16.8 Å². The van der Waals surface area contributed by atoms with Crippen LogP contribution in [-0.4, -0.2) is 23.4 Å². The predicted molar refractivity (Wildman–Crippen MR) is 85.2 cm³/mol. The van der Waals surface area contributed by atoms with Gasteiger partial charge in [-0.25, -0.2) is 0 Å². The van der Waals surface area contributed by atoms with Gasteiger partial charge in [0.15, 0.2) is 0 Å². The van der Waals surface area contributed by atoms with Crippen molar-refractivity contribution in [2.45, 2.75) is 40.0 Å². The summed E-state index contributed by atoms with van der Waals surface area (Å²) < 4.78 is 7.19. The molecular formula is C17H25N3O. The number of aromatic nitrogens is 2. The van der Waals surface area contributed by atoms with Crippen molar-refractivity contribution >= 4 is 0 Å². The molecule has 2 rings (SSSR count). The molecule has 0 radical (unpaired) electrons. The number of hydrogen-bond acceptors (Lipinski definition) is 3. The van der Waals surface area contributed by atoms with E-state index in [4.69, 9.17) is 4.74 Å². The van der Waals surface area contributed by atoms with Crippen LogP contribution >= 0.6 is 0 Å². The number of benzene rings is 1. The van der Waals surface area contributed by atoms with Gasteiger partial charge in [0.2, 0.25) is 0 Å². The smallest absolute Gasteiger partial charge is 0.0713 e. The van der Waals surface area contributed by atoms with E-state index >= 15 is 0 Å². The summed E-state index contributed by atoms with van der Waals surface area (Å²) in [5.74, 6) is 0. The Balaban J connectivity index is 1.66. The van der Waals surface area contributed by atoms with Crippen LogP contribution in [-0.2, 0) is 24.4 Å². The summed E-state index contributed by atoms with van der Waals surface area (Å²) in [4.78, 5) is 0. The lowest BCUT2D eigenvalue weighted by molar-refractivity contribution is 0.185. The summed E-state index contributed by atoms with van der Waals surface area (Å²) in [5, 5.41) is 7.95. The molecule has 4 nitrogen and oxygen atoms in total. The molecule has 0 amide bonds. The minimum atomic E-state index is 0.677. The van der Waals surface area contributed by atoms with E-state index in [0.29, 0.717) is 6.61 Å². The lowest BCUT2D eigenvalue weighted by Gasteiger charge is -2.07. The first-order valence-electron chi connectivity index (χ1n) is 7.47. The minimum absolute atomic E-state index is 0.677. The van der Waals surface area contributed by atoms with Gasteiger partial charge in [-0.05, 0) is 44.0 Å². The van der Waals surface area contributed by atoms with E-state index in [1.54, 1.807) is 7.11 Å². The quantitative estimate of drug-likeness (QED) is 0.759. The molecule has 0 bridgehead atoms. The third-order valence-electron chi connectivity index (χ3n) is 3.49. The van der Waals surface area contributed by atoms with E-state index in [0.717, 1.165) is 31.7 Å². The highest BCUT2D eigenvalue weighted by molar-refractivity contribution is 5.21. The zero-order valence-electron chi connectivity index (χ0n) is 13.2. The van der Waals surface area contributed by atoms with Crippen LogP contribution < -0.4 is 5.32 Å². The molecule has 0 atom stereocenters. The molecule has 0 spiro atoms. The monoisotopic (exact) mass is 287 g/mol. The van der Waals surface area contributed by atoms with Crippen LogP contribution in [0.4, 0.5) is 0 Å². The van der Waals surface area contributed by atoms with Crippen LogP contribution in [0.15, 0.2) is 30.3 Å². The highest BCUT2D eigenvalue weighted by atomic mass is 16.5. The van der Waals surface area contributed by atoms with E-state index < -0.39 is 0 Å². The number of ether oxygens (including phenoxy) is 1. The first kappa shape index (κ1) is 15.7. The molecule has 1 aromatic heterocycles. The van der Waals surface area contributed by atoms with Crippen molar-refractivity contribution in [2.75, 3.05) is 13.7 Å². The molecule has 114 valence electrons. The molecule has 1 heterocycles. The van der Waals surface area contributed by atoms with Gasteiger partial charge in [-0.15, -0.1) is 0 Å². The highest BCUT2D eigenvalue weighted by Gasteiger charge is 2.00. The first-order chi connectivity index (χ1) is 10.2. The molecular weight excluding hydrogens is 262 g/mol. The Morgan fingerprint density at radius 3 is 2.48 bits per heavy atom. The summed E-state index contributed by atoms with van der Waals surface area (Å²) in [7, 11) is 1.72. The fourth-order valence-electron chi connectivity index (χ4n) is 2.41. The molecule has 1 aromatic carbocycles. The van der Waals surface area contributed by atoms with Gasteiger partial charge in [0.05, 0.1) is 12.3 Å². The van der Waals surface area contributed by atoms with Gasteiger partial charge in [-0.2, -0.15) is 5.10 Å². The number of nitrogens with zero attached hydrogens (tertiary/aromatic N) is 2. The number of rotatable bonds is 8. The second kappa shape index (κ2) is 7.96. The van der Waals surface area contributed by atoms with Crippen LogP contribution in [0.2, 0.25) is 0 Å². The minimum Gasteiger partial charge on any atom is -0.380 e. The van der Waals surface area contributed by atoms with Crippen LogP contribution in [0.25, 0.3) is 0 Å². The van der Waals surface area contributed by atoms with Gasteiger partial charge < -0.3 is 10.1 Å². The number of hydrogen-bond donors (Lipinski definition) is 1.